The third kappa shape index (κ3) is 7.00. The van der Waals surface area contributed by atoms with Crippen molar-refractivity contribution in [1.82, 2.24) is 19.6 Å². The van der Waals surface area contributed by atoms with Gasteiger partial charge in [-0.2, -0.15) is 10.4 Å². The SMILES string of the molecule is CC[C@H]1O[C@@H](c2cnc3c(NC(=O)c4ccccc4)ncnn23)[C@@H](O[Si](C)(C)C(C)(C)C)C1OP(C)OCCC#N. The van der Waals surface area contributed by atoms with Gasteiger partial charge in [0.2, 0.25) is 0 Å². The number of carbonyl (C=O) groups excluding carboxylic acids is 1. The first-order chi connectivity index (χ1) is 19.5. The summed E-state index contributed by atoms with van der Waals surface area (Å²) in [6.07, 6.45) is 2.42. The maximum Gasteiger partial charge on any atom is 0.256 e. The maximum absolute atomic E-state index is 12.9. The minimum Gasteiger partial charge on any atom is -0.408 e. The number of nitrogens with one attached hydrogen (secondary N) is 1. The minimum atomic E-state index is -2.28. The summed E-state index contributed by atoms with van der Waals surface area (Å²) < 4.78 is 27.6. The molecule has 4 rings (SSSR count). The summed E-state index contributed by atoms with van der Waals surface area (Å²) in [7, 11) is -3.56. The predicted molar refractivity (Wildman–Crippen MR) is 159 cm³/mol. The van der Waals surface area contributed by atoms with Gasteiger partial charge in [0.1, 0.15) is 24.6 Å². The number of hydrogen-bond acceptors (Lipinski definition) is 9. The normalized spacial score (nSPS) is 22.0. The number of carbonyl (C=O) groups is 1. The lowest BCUT2D eigenvalue weighted by Crippen LogP contribution is -2.48. The second-order valence-corrected chi connectivity index (χ2v) is 17.5. The van der Waals surface area contributed by atoms with E-state index >= 15 is 0 Å². The zero-order valence-corrected chi connectivity index (χ0v) is 26.6. The molecule has 0 aliphatic carbocycles. The Hall–Kier alpha value is -2.78. The molecule has 1 aromatic carbocycles. The van der Waals surface area contributed by atoms with E-state index in [-0.39, 0.29) is 17.0 Å². The van der Waals surface area contributed by atoms with Crippen LogP contribution in [0.15, 0.2) is 42.9 Å². The van der Waals surface area contributed by atoms with E-state index in [0.717, 1.165) is 0 Å². The summed E-state index contributed by atoms with van der Waals surface area (Å²) in [5, 5.41) is 16.2. The highest BCUT2D eigenvalue weighted by Crippen LogP contribution is 2.48. The van der Waals surface area contributed by atoms with E-state index in [2.05, 4.69) is 67.2 Å². The number of ether oxygens (including phenoxy) is 1. The van der Waals surface area contributed by atoms with Crippen LogP contribution < -0.4 is 5.32 Å². The fraction of sp³-hybridized carbons (Fsp3) is 0.536. The van der Waals surface area contributed by atoms with E-state index in [9.17, 15) is 4.79 Å². The molecule has 0 spiro atoms. The number of nitrogens with zero attached hydrogens (tertiary/aromatic N) is 5. The van der Waals surface area contributed by atoms with Gasteiger partial charge in [-0.15, -0.1) is 0 Å². The highest BCUT2D eigenvalue weighted by Gasteiger charge is 2.52. The first-order valence-corrected chi connectivity index (χ1v) is 18.3. The van der Waals surface area contributed by atoms with Crippen LogP contribution in [0.4, 0.5) is 5.82 Å². The molecule has 2 aromatic heterocycles. The Morgan fingerprint density at radius 1 is 1.22 bits per heavy atom. The molecule has 1 aliphatic heterocycles. The van der Waals surface area contributed by atoms with Crippen LogP contribution in [0.3, 0.4) is 0 Å². The molecule has 1 saturated heterocycles. The molecule has 0 saturated carbocycles. The Bertz CT molecular complexity index is 1380. The number of nitriles is 1. The van der Waals surface area contributed by atoms with E-state index in [0.29, 0.717) is 42.2 Å². The number of amides is 1. The Kier molecular flexibility index (Phi) is 9.90. The fourth-order valence-corrected chi connectivity index (χ4v) is 6.67. The zero-order chi connectivity index (χ0) is 29.8. The number of aromatic nitrogens is 4. The number of rotatable bonds is 11. The van der Waals surface area contributed by atoms with Gasteiger partial charge in [-0.25, -0.2) is 14.5 Å². The van der Waals surface area contributed by atoms with Crippen LogP contribution in [0, 0.1) is 11.3 Å². The summed E-state index contributed by atoms with van der Waals surface area (Å²) in [4.78, 5) is 21.7. The minimum absolute atomic E-state index is 0.0524. The van der Waals surface area contributed by atoms with E-state index in [1.165, 1.54) is 6.33 Å². The molecule has 11 nitrogen and oxygen atoms in total. The monoisotopic (exact) mass is 598 g/mol. The number of benzene rings is 1. The molecule has 0 radical (unpaired) electrons. The molecule has 3 aromatic rings. The largest absolute Gasteiger partial charge is 0.408 e. The van der Waals surface area contributed by atoms with E-state index < -0.39 is 35.0 Å². The average molecular weight is 599 g/mol. The van der Waals surface area contributed by atoms with Gasteiger partial charge in [-0.3, -0.25) is 4.79 Å². The van der Waals surface area contributed by atoms with Gasteiger partial charge in [0.15, 0.2) is 28.2 Å². The van der Waals surface area contributed by atoms with Crippen LogP contribution in [0.1, 0.15) is 62.7 Å². The topological polar surface area (TPSA) is 133 Å². The summed E-state index contributed by atoms with van der Waals surface area (Å²) >= 11 is 0. The van der Waals surface area contributed by atoms with Crippen molar-refractivity contribution in [2.75, 3.05) is 18.6 Å². The third-order valence-electron chi connectivity index (χ3n) is 7.60. The molecule has 0 bridgehead atoms. The zero-order valence-electron chi connectivity index (χ0n) is 24.7. The van der Waals surface area contributed by atoms with Crippen molar-refractivity contribution in [3.63, 3.8) is 0 Å². The molecule has 41 heavy (non-hydrogen) atoms. The van der Waals surface area contributed by atoms with Crippen molar-refractivity contribution in [3.8, 4) is 6.07 Å². The van der Waals surface area contributed by atoms with E-state index in [1.54, 1.807) is 35.0 Å². The Morgan fingerprint density at radius 2 is 1.95 bits per heavy atom. The molecular weight excluding hydrogens is 559 g/mol. The summed E-state index contributed by atoms with van der Waals surface area (Å²) in [5.74, 6) is 0.00184. The number of fused-ring (bicyclic) bond motifs is 1. The standard InChI is InChI=1S/C28H39N6O5PSi/c1-8-21-23(38-40(5)36-16-12-15-29)24(39-41(6,7)28(2,3)4)22(37-21)20-17-30-26-25(31-18-32-34(20)26)33-27(35)19-13-10-9-11-14-19/h9-11,13-14,17-18,21-24H,8,12,16H2,1-7H3,(H,31,32,33,35)/t21-,22+,23?,24-,40?/m1/s1. The third-order valence-corrected chi connectivity index (χ3v) is 13.2. The van der Waals surface area contributed by atoms with Crippen LogP contribution in [0.2, 0.25) is 18.1 Å². The van der Waals surface area contributed by atoms with Gasteiger partial charge in [-0.1, -0.05) is 45.9 Å². The molecule has 220 valence electrons. The Balaban J connectivity index is 1.69. The van der Waals surface area contributed by atoms with Crippen LogP contribution in [-0.2, 0) is 18.2 Å². The Morgan fingerprint density at radius 3 is 2.61 bits per heavy atom. The quantitative estimate of drug-likeness (QED) is 0.163. The van der Waals surface area contributed by atoms with Gasteiger partial charge in [0.05, 0.1) is 37.1 Å². The lowest BCUT2D eigenvalue weighted by molar-refractivity contribution is 0.00537. The molecule has 1 N–H and O–H groups in total. The summed E-state index contributed by atoms with van der Waals surface area (Å²) in [6.45, 7) is 15.2. The van der Waals surface area contributed by atoms with Crippen LogP contribution >= 0.6 is 8.38 Å². The lowest BCUT2D eigenvalue weighted by Gasteiger charge is -2.40. The highest BCUT2D eigenvalue weighted by molar-refractivity contribution is 7.46. The molecule has 2 unspecified atom stereocenters. The lowest BCUT2D eigenvalue weighted by atomic mass is 10.0. The average Bonchev–Trinajstić information content (AvgIpc) is 3.50. The number of imidazole rings is 1. The van der Waals surface area contributed by atoms with Crippen molar-refractivity contribution in [3.05, 3.63) is 54.1 Å². The molecule has 1 fully saturated rings. The maximum atomic E-state index is 12.9. The molecule has 1 amide bonds. The fourth-order valence-electron chi connectivity index (χ4n) is 4.38. The second kappa shape index (κ2) is 13.0. The van der Waals surface area contributed by atoms with Crippen LogP contribution in [0.25, 0.3) is 5.65 Å². The van der Waals surface area contributed by atoms with Gasteiger partial charge in [-0.05, 0) is 36.7 Å². The number of anilines is 1. The molecule has 5 atom stereocenters. The van der Waals surface area contributed by atoms with Gasteiger partial charge >= 0.3 is 0 Å². The Labute approximate surface area is 243 Å². The van der Waals surface area contributed by atoms with Crippen LogP contribution in [-0.4, -0.2) is 65.4 Å². The molecule has 13 heteroatoms. The van der Waals surface area contributed by atoms with Crippen molar-refractivity contribution >= 4 is 34.1 Å². The second-order valence-electron chi connectivity index (χ2n) is 11.4. The first-order valence-electron chi connectivity index (χ1n) is 13.8. The van der Waals surface area contributed by atoms with Gasteiger partial charge < -0.3 is 23.5 Å². The van der Waals surface area contributed by atoms with Gasteiger partial charge in [0, 0.05) is 12.2 Å². The molecule has 1 aliphatic rings. The predicted octanol–water partition coefficient (Wildman–Crippen LogP) is 5.87. The smallest absolute Gasteiger partial charge is 0.256 e. The van der Waals surface area contributed by atoms with Crippen molar-refractivity contribution in [2.45, 2.75) is 83.1 Å². The summed E-state index contributed by atoms with van der Waals surface area (Å²) in [6, 6.07) is 11.0. The van der Waals surface area contributed by atoms with Crippen LogP contribution in [0.5, 0.6) is 0 Å². The van der Waals surface area contributed by atoms with E-state index in [1.807, 2.05) is 12.7 Å². The molecular formula is C28H39N6O5PSi. The van der Waals surface area contributed by atoms with Gasteiger partial charge in [0.25, 0.3) is 5.91 Å². The summed E-state index contributed by atoms with van der Waals surface area (Å²) in [5.41, 5.74) is 1.59. The number of hydrogen-bond donors (Lipinski definition) is 1. The molecule has 3 heterocycles. The van der Waals surface area contributed by atoms with Crippen molar-refractivity contribution in [2.24, 2.45) is 0 Å². The van der Waals surface area contributed by atoms with Crippen molar-refractivity contribution in [1.29, 1.82) is 5.26 Å². The van der Waals surface area contributed by atoms with Crippen molar-refractivity contribution < 1.29 is 23.0 Å². The highest BCUT2D eigenvalue weighted by atomic mass is 31.2. The van der Waals surface area contributed by atoms with E-state index in [4.69, 9.17) is 23.5 Å². The first kappa shape index (κ1) is 31.2.